The van der Waals surface area contributed by atoms with Gasteiger partial charge in [-0.1, -0.05) is 54.5 Å². The molecule has 0 unspecified atom stereocenters. The Bertz CT molecular complexity index is 893. The summed E-state index contributed by atoms with van der Waals surface area (Å²) in [6.45, 7) is 3.07. The van der Waals surface area contributed by atoms with Crippen molar-refractivity contribution in [1.29, 1.82) is 0 Å². The van der Waals surface area contributed by atoms with Crippen LogP contribution in [0.3, 0.4) is 0 Å². The highest BCUT2D eigenvalue weighted by molar-refractivity contribution is 5.75. The molecule has 0 aliphatic carbocycles. The van der Waals surface area contributed by atoms with Gasteiger partial charge in [-0.25, -0.2) is 0 Å². The van der Waals surface area contributed by atoms with Crippen LogP contribution in [0.5, 0.6) is 5.75 Å². The summed E-state index contributed by atoms with van der Waals surface area (Å²) in [6.07, 6.45) is 3.55. The molecular formula is C23H27N3O3. The smallest absolute Gasteiger partial charge is 0.226 e. The van der Waals surface area contributed by atoms with E-state index in [-0.39, 0.29) is 5.91 Å². The van der Waals surface area contributed by atoms with Crippen molar-refractivity contribution < 1.29 is 14.1 Å². The van der Waals surface area contributed by atoms with Crippen molar-refractivity contribution in [3.63, 3.8) is 0 Å². The summed E-state index contributed by atoms with van der Waals surface area (Å²) in [5.41, 5.74) is 2.12. The molecule has 3 aromatic rings. The fourth-order valence-electron chi connectivity index (χ4n) is 2.92. The van der Waals surface area contributed by atoms with Gasteiger partial charge in [-0.2, -0.15) is 4.98 Å². The van der Waals surface area contributed by atoms with Crippen LogP contribution in [-0.4, -0.2) is 16.0 Å². The first-order valence-electron chi connectivity index (χ1n) is 10.1. The molecule has 0 spiro atoms. The number of hydrogen-bond donors (Lipinski definition) is 1. The molecule has 2 aromatic carbocycles. The largest absolute Gasteiger partial charge is 0.489 e. The molecule has 0 saturated heterocycles. The molecule has 0 fully saturated rings. The van der Waals surface area contributed by atoms with Gasteiger partial charge in [0.15, 0.2) is 5.82 Å². The number of aromatic nitrogens is 2. The number of benzene rings is 2. The van der Waals surface area contributed by atoms with Gasteiger partial charge in [-0.15, -0.1) is 0 Å². The fraction of sp³-hybridized carbons (Fsp3) is 0.348. The van der Waals surface area contributed by atoms with Crippen LogP contribution in [0.1, 0.15) is 49.0 Å². The predicted octanol–water partition coefficient (Wildman–Crippen LogP) is 4.24. The summed E-state index contributed by atoms with van der Waals surface area (Å²) < 4.78 is 11.0. The highest BCUT2D eigenvalue weighted by Gasteiger charge is 2.07. The standard InChI is InChI=1S/C23H27N3O3/c1-2-8-21-25-23(29-26-21)14-7-13-22(27)24-16-18-9-6-10-19(15-18)17-28-20-11-4-3-5-12-20/h3-6,9-12,15H,2,7-8,13-14,16-17H2,1H3,(H,24,27). The zero-order valence-electron chi connectivity index (χ0n) is 16.8. The van der Waals surface area contributed by atoms with Gasteiger partial charge >= 0.3 is 0 Å². The van der Waals surface area contributed by atoms with Crippen molar-refractivity contribution in [1.82, 2.24) is 15.5 Å². The van der Waals surface area contributed by atoms with E-state index >= 15 is 0 Å². The van der Waals surface area contributed by atoms with E-state index in [1.54, 1.807) is 0 Å². The maximum atomic E-state index is 12.1. The van der Waals surface area contributed by atoms with Crippen molar-refractivity contribution in [3.05, 3.63) is 77.4 Å². The second-order valence-corrected chi connectivity index (χ2v) is 6.91. The average Bonchev–Trinajstić information content (AvgIpc) is 3.19. The molecule has 0 atom stereocenters. The number of ether oxygens (including phenoxy) is 1. The molecule has 0 aliphatic heterocycles. The van der Waals surface area contributed by atoms with E-state index in [9.17, 15) is 4.79 Å². The second-order valence-electron chi connectivity index (χ2n) is 6.91. The number of amides is 1. The van der Waals surface area contributed by atoms with Crippen molar-refractivity contribution >= 4 is 5.91 Å². The number of carbonyl (C=O) groups is 1. The molecular weight excluding hydrogens is 366 g/mol. The minimum atomic E-state index is 0.0178. The summed E-state index contributed by atoms with van der Waals surface area (Å²) in [6, 6.07) is 17.8. The molecule has 152 valence electrons. The number of nitrogens with zero attached hydrogens (tertiary/aromatic N) is 2. The van der Waals surface area contributed by atoms with Crippen molar-refractivity contribution in [2.24, 2.45) is 0 Å². The van der Waals surface area contributed by atoms with E-state index in [4.69, 9.17) is 9.26 Å². The van der Waals surface area contributed by atoms with Crippen LogP contribution in [0.25, 0.3) is 0 Å². The third-order valence-electron chi connectivity index (χ3n) is 4.41. The number of para-hydroxylation sites is 1. The van der Waals surface area contributed by atoms with Gasteiger partial charge in [0.25, 0.3) is 0 Å². The van der Waals surface area contributed by atoms with E-state index in [0.29, 0.717) is 38.3 Å². The van der Waals surface area contributed by atoms with Gasteiger partial charge in [0, 0.05) is 25.8 Å². The number of rotatable bonds is 11. The summed E-state index contributed by atoms with van der Waals surface area (Å²) >= 11 is 0. The van der Waals surface area contributed by atoms with Gasteiger partial charge in [-0.05, 0) is 36.1 Å². The zero-order chi connectivity index (χ0) is 20.3. The van der Waals surface area contributed by atoms with Gasteiger partial charge < -0.3 is 14.6 Å². The zero-order valence-corrected chi connectivity index (χ0v) is 16.8. The Morgan fingerprint density at radius 1 is 1.07 bits per heavy atom. The first-order chi connectivity index (χ1) is 14.2. The second kappa shape index (κ2) is 11.0. The molecule has 3 rings (SSSR count). The van der Waals surface area contributed by atoms with E-state index in [0.717, 1.165) is 35.5 Å². The van der Waals surface area contributed by atoms with Gasteiger partial charge in [0.05, 0.1) is 0 Å². The molecule has 1 N–H and O–H groups in total. The van der Waals surface area contributed by atoms with Gasteiger partial charge in [0.1, 0.15) is 12.4 Å². The van der Waals surface area contributed by atoms with Crippen molar-refractivity contribution in [3.8, 4) is 5.75 Å². The maximum absolute atomic E-state index is 12.1. The lowest BCUT2D eigenvalue weighted by atomic mass is 10.1. The van der Waals surface area contributed by atoms with Crippen LogP contribution >= 0.6 is 0 Å². The molecule has 1 aromatic heterocycles. The Kier molecular flexibility index (Phi) is 7.81. The number of hydrogen-bond acceptors (Lipinski definition) is 5. The normalized spacial score (nSPS) is 10.7. The fourth-order valence-corrected chi connectivity index (χ4v) is 2.92. The first-order valence-corrected chi connectivity index (χ1v) is 10.1. The minimum absolute atomic E-state index is 0.0178. The Balaban J connectivity index is 1.38. The monoisotopic (exact) mass is 393 g/mol. The SMILES string of the molecule is CCCc1noc(CCCC(=O)NCc2cccc(COc3ccccc3)c2)n1. The highest BCUT2D eigenvalue weighted by Crippen LogP contribution is 2.13. The maximum Gasteiger partial charge on any atom is 0.226 e. The minimum Gasteiger partial charge on any atom is -0.489 e. The van der Waals surface area contributed by atoms with Crippen molar-refractivity contribution in [2.75, 3.05) is 0 Å². The van der Waals surface area contributed by atoms with Crippen LogP contribution in [0.15, 0.2) is 59.1 Å². The topological polar surface area (TPSA) is 77.2 Å². The summed E-state index contributed by atoms with van der Waals surface area (Å²) in [4.78, 5) is 16.4. The summed E-state index contributed by atoms with van der Waals surface area (Å²) in [7, 11) is 0. The average molecular weight is 393 g/mol. The summed E-state index contributed by atoms with van der Waals surface area (Å²) in [5, 5.41) is 6.89. The predicted molar refractivity (Wildman–Crippen MR) is 110 cm³/mol. The van der Waals surface area contributed by atoms with E-state index in [1.165, 1.54) is 0 Å². The number of carbonyl (C=O) groups excluding carboxylic acids is 1. The van der Waals surface area contributed by atoms with Gasteiger partial charge in [-0.3, -0.25) is 4.79 Å². The quantitative estimate of drug-likeness (QED) is 0.527. The van der Waals surface area contributed by atoms with Gasteiger partial charge in [0.2, 0.25) is 11.8 Å². The molecule has 0 bridgehead atoms. The first kappa shape index (κ1) is 20.6. The lowest BCUT2D eigenvalue weighted by molar-refractivity contribution is -0.121. The van der Waals surface area contributed by atoms with Crippen LogP contribution < -0.4 is 10.1 Å². The molecule has 0 radical (unpaired) electrons. The van der Waals surface area contributed by atoms with Crippen LogP contribution in [0, 0.1) is 0 Å². The molecule has 0 saturated carbocycles. The van der Waals surface area contributed by atoms with E-state index in [1.807, 2.05) is 48.5 Å². The Hall–Kier alpha value is -3.15. The Morgan fingerprint density at radius 2 is 1.90 bits per heavy atom. The number of aryl methyl sites for hydroxylation is 2. The molecule has 6 heteroatoms. The van der Waals surface area contributed by atoms with E-state index in [2.05, 4.69) is 28.4 Å². The van der Waals surface area contributed by atoms with Crippen LogP contribution in [0.4, 0.5) is 0 Å². The molecule has 1 heterocycles. The third kappa shape index (κ3) is 7.07. The molecule has 6 nitrogen and oxygen atoms in total. The molecule has 29 heavy (non-hydrogen) atoms. The Labute approximate surface area is 171 Å². The van der Waals surface area contributed by atoms with Crippen molar-refractivity contribution in [2.45, 2.75) is 52.2 Å². The summed E-state index contributed by atoms with van der Waals surface area (Å²) in [5.74, 6) is 2.20. The lowest BCUT2D eigenvalue weighted by Crippen LogP contribution is -2.22. The lowest BCUT2D eigenvalue weighted by Gasteiger charge is -2.09. The molecule has 0 aliphatic rings. The highest BCUT2D eigenvalue weighted by atomic mass is 16.5. The Morgan fingerprint density at radius 3 is 2.72 bits per heavy atom. The van der Waals surface area contributed by atoms with E-state index < -0.39 is 0 Å². The van der Waals surface area contributed by atoms with Crippen LogP contribution in [-0.2, 0) is 30.8 Å². The third-order valence-corrected chi connectivity index (χ3v) is 4.41. The van der Waals surface area contributed by atoms with Crippen LogP contribution in [0.2, 0.25) is 0 Å². The number of nitrogens with one attached hydrogen (secondary N) is 1. The molecule has 1 amide bonds.